The Labute approximate surface area is 102 Å². The summed E-state index contributed by atoms with van der Waals surface area (Å²) in [6, 6.07) is 0. The summed E-state index contributed by atoms with van der Waals surface area (Å²) in [7, 11) is -4.91. The smallest absolute Gasteiger partial charge is 0.426 e. The Morgan fingerprint density at radius 3 is 2.39 bits per heavy atom. The molecule has 104 valence electrons. The highest BCUT2D eigenvalue weighted by atomic mass is 32.2. The van der Waals surface area contributed by atoms with Crippen LogP contribution in [-0.4, -0.2) is 37.0 Å². The van der Waals surface area contributed by atoms with Crippen molar-refractivity contribution in [2.24, 2.45) is 0 Å². The lowest BCUT2D eigenvalue weighted by atomic mass is 10.3. The van der Waals surface area contributed by atoms with Crippen LogP contribution in [0, 0.1) is 0 Å². The molecule has 0 heterocycles. The quantitative estimate of drug-likeness (QED) is 0.346. The lowest BCUT2D eigenvalue weighted by Crippen LogP contribution is -2.39. The first-order chi connectivity index (χ1) is 8.06. The van der Waals surface area contributed by atoms with Crippen LogP contribution in [-0.2, 0) is 19.6 Å². The van der Waals surface area contributed by atoms with Crippen LogP contribution in [0.15, 0.2) is 24.8 Å². The van der Waals surface area contributed by atoms with Crippen molar-refractivity contribution >= 4 is 16.1 Å². The fourth-order valence-electron chi connectivity index (χ4n) is 0.827. The van der Waals surface area contributed by atoms with E-state index in [1.54, 1.807) is 0 Å². The largest absolute Gasteiger partial charge is 0.448 e. The van der Waals surface area contributed by atoms with Gasteiger partial charge in [-0.3, -0.25) is 4.55 Å². The molecule has 0 rings (SSSR count). The molecule has 0 saturated carbocycles. The van der Waals surface area contributed by atoms with Crippen molar-refractivity contribution in [3.63, 3.8) is 0 Å². The Bertz CT molecular complexity index is 424. The molecule has 0 aromatic carbocycles. The summed E-state index contributed by atoms with van der Waals surface area (Å²) in [5.74, 6) is -3.10. The van der Waals surface area contributed by atoms with Crippen LogP contribution in [0.5, 0.6) is 0 Å². The predicted molar refractivity (Wildman–Crippen MR) is 56.3 cm³/mol. The number of alkyl halides is 3. The van der Waals surface area contributed by atoms with Crippen LogP contribution in [0.25, 0.3) is 0 Å². The van der Waals surface area contributed by atoms with E-state index in [-0.39, 0.29) is 6.42 Å². The van der Waals surface area contributed by atoms with Crippen LogP contribution < -0.4 is 0 Å². The highest BCUT2D eigenvalue weighted by molar-refractivity contribution is 7.85. The van der Waals surface area contributed by atoms with Crippen molar-refractivity contribution in [1.29, 1.82) is 0 Å². The molecule has 0 aromatic rings. The van der Waals surface area contributed by atoms with Gasteiger partial charge in [0.15, 0.2) is 0 Å². The minimum absolute atomic E-state index is 0.240. The standard InChI is InChI=1S/C9H11F3O5S/c1-2-3-4-5-8(13)17-7(9(10,11)12)6-18(14,15)16/h2,4-5,7H,1,3,6H2,(H,14,15,16)/b5-4+. The number of ether oxygens (including phenoxy) is 1. The van der Waals surface area contributed by atoms with Gasteiger partial charge in [0.1, 0.15) is 5.75 Å². The Kier molecular flexibility index (Phi) is 6.06. The summed E-state index contributed by atoms with van der Waals surface area (Å²) in [6.07, 6.45) is -4.46. The number of rotatable bonds is 6. The summed E-state index contributed by atoms with van der Waals surface area (Å²) in [5, 5.41) is 0. The van der Waals surface area contributed by atoms with Crippen LogP contribution in [0.2, 0.25) is 0 Å². The lowest BCUT2D eigenvalue weighted by molar-refractivity contribution is -0.212. The molecular formula is C9H11F3O5S. The zero-order valence-electron chi connectivity index (χ0n) is 9.05. The van der Waals surface area contributed by atoms with E-state index >= 15 is 0 Å². The number of hydrogen-bond acceptors (Lipinski definition) is 4. The number of carbonyl (C=O) groups is 1. The van der Waals surface area contributed by atoms with Crippen LogP contribution in [0.4, 0.5) is 13.2 Å². The number of hydrogen-bond donors (Lipinski definition) is 1. The predicted octanol–water partition coefficient (Wildman–Crippen LogP) is 1.48. The fourth-order valence-corrected chi connectivity index (χ4v) is 1.47. The zero-order chi connectivity index (χ0) is 14.4. The Hall–Kier alpha value is -1.35. The van der Waals surface area contributed by atoms with Crippen molar-refractivity contribution in [2.75, 3.05) is 5.75 Å². The van der Waals surface area contributed by atoms with E-state index in [1.807, 2.05) is 0 Å². The third-order valence-electron chi connectivity index (χ3n) is 1.54. The molecule has 0 aromatic heterocycles. The van der Waals surface area contributed by atoms with Gasteiger partial charge in [0.25, 0.3) is 10.1 Å². The maximum absolute atomic E-state index is 12.3. The molecule has 5 nitrogen and oxygen atoms in total. The minimum atomic E-state index is -5.09. The Morgan fingerprint density at radius 2 is 2.00 bits per heavy atom. The molecule has 0 saturated heterocycles. The van der Waals surface area contributed by atoms with Crippen LogP contribution in [0.1, 0.15) is 6.42 Å². The Balaban J connectivity index is 4.71. The van der Waals surface area contributed by atoms with Gasteiger partial charge in [-0.1, -0.05) is 12.2 Å². The minimum Gasteiger partial charge on any atom is -0.448 e. The molecule has 9 heteroatoms. The third kappa shape index (κ3) is 7.85. The van der Waals surface area contributed by atoms with Gasteiger partial charge < -0.3 is 4.74 Å². The maximum atomic E-state index is 12.3. The maximum Gasteiger partial charge on any atom is 0.426 e. The van der Waals surface area contributed by atoms with Gasteiger partial charge in [0.05, 0.1) is 0 Å². The Morgan fingerprint density at radius 1 is 1.44 bits per heavy atom. The average Bonchev–Trinajstić information content (AvgIpc) is 2.13. The van der Waals surface area contributed by atoms with E-state index in [0.717, 1.165) is 0 Å². The number of esters is 1. The van der Waals surface area contributed by atoms with Crippen LogP contribution in [0.3, 0.4) is 0 Å². The zero-order valence-corrected chi connectivity index (χ0v) is 9.87. The average molecular weight is 288 g/mol. The topological polar surface area (TPSA) is 80.7 Å². The molecule has 0 aliphatic rings. The lowest BCUT2D eigenvalue weighted by Gasteiger charge is -2.18. The molecule has 1 unspecified atom stereocenters. The van der Waals surface area contributed by atoms with Gasteiger partial charge in [0.2, 0.25) is 6.10 Å². The van der Waals surface area contributed by atoms with Gasteiger partial charge in [-0.05, 0) is 6.42 Å². The van der Waals surface area contributed by atoms with E-state index in [0.29, 0.717) is 6.08 Å². The highest BCUT2D eigenvalue weighted by Gasteiger charge is 2.45. The molecular weight excluding hydrogens is 277 g/mol. The summed E-state index contributed by atoms with van der Waals surface area (Å²) in [4.78, 5) is 10.9. The van der Waals surface area contributed by atoms with Crippen molar-refractivity contribution < 1.29 is 35.7 Å². The van der Waals surface area contributed by atoms with Crippen molar-refractivity contribution in [2.45, 2.75) is 18.7 Å². The first kappa shape index (κ1) is 16.6. The summed E-state index contributed by atoms with van der Waals surface area (Å²) in [6.45, 7) is 3.31. The monoisotopic (exact) mass is 288 g/mol. The van der Waals surface area contributed by atoms with E-state index in [9.17, 15) is 26.4 Å². The first-order valence-electron chi connectivity index (χ1n) is 4.56. The van der Waals surface area contributed by atoms with Crippen LogP contribution >= 0.6 is 0 Å². The molecule has 0 aliphatic carbocycles. The van der Waals surface area contributed by atoms with Crippen molar-refractivity contribution in [1.82, 2.24) is 0 Å². The SMILES string of the molecule is C=CC/C=C/C(=O)OC(CS(=O)(=O)O)C(F)(F)F. The van der Waals surface area contributed by atoms with E-state index in [2.05, 4.69) is 11.3 Å². The van der Waals surface area contributed by atoms with E-state index in [4.69, 9.17) is 4.55 Å². The summed E-state index contributed by atoms with van der Waals surface area (Å²) in [5.41, 5.74) is 0. The van der Waals surface area contributed by atoms with E-state index < -0.39 is 34.1 Å². The summed E-state index contributed by atoms with van der Waals surface area (Å²) < 4.78 is 69.9. The molecule has 0 bridgehead atoms. The first-order valence-corrected chi connectivity index (χ1v) is 6.17. The highest BCUT2D eigenvalue weighted by Crippen LogP contribution is 2.24. The van der Waals surface area contributed by atoms with Gasteiger partial charge >= 0.3 is 12.1 Å². The summed E-state index contributed by atoms with van der Waals surface area (Å²) >= 11 is 0. The van der Waals surface area contributed by atoms with Crippen molar-refractivity contribution in [3.8, 4) is 0 Å². The van der Waals surface area contributed by atoms with Gasteiger partial charge in [-0.15, -0.1) is 6.58 Å². The molecule has 0 aliphatic heterocycles. The molecule has 0 spiro atoms. The fraction of sp³-hybridized carbons (Fsp3) is 0.444. The second kappa shape index (κ2) is 6.55. The number of halogens is 3. The molecule has 0 amide bonds. The molecule has 0 fully saturated rings. The third-order valence-corrected chi connectivity index (χ3v) is 2.27. The molecule has 0 radical (unpaired) electrons. The van der Waals surface area contributed by atoms with E-state index in [1.165, 1.54) is 12.2 Å². The van der Waals surface area contributed by atoms with Gasteiger partial charge in [0, 0.05) is 6.08 Å². The number of allylic oxidation sites excluding steroid dienone is 2. The van der Waals surface area contributed by atoms with Crippen molar-refractivity contribution in [3.05, 3.63) is 24.8 Å². The van der Waals surface area contributed by atoms with Gasteiger partial charge in [-0.25, -0.2) is 4.79 Å². The molecule has 18 heavy (non-hydrogen) atoms. The normalized spacial score (nSPS) is 14.4. The second-order valence-corrected chi connectivity index (χ2v) is 4.64. The molecule has 1 N–H and O–H groups in total. The van der Waals surface area contributed by atoms with Gasteiger partial charge in [-0.2, -0.15) is 21.6 Å². The number of carbonyl (C=O) groups excluding carboxylic acids is 1. The molecule has 1 atom stereocenters. The second-order valence-electron chi connectivity index (χ2n) is 3.14.